The Morgan fingerprint density at radius 3 is 2.54 bits per heavy atom. The number of hydrogen-bond donors (Lipinski definition) is 0. The number of benzene rings is 2. The van der Waals surface area contributed by atoms with Crippen molar-refractivity contribution in [2.75, 3.05) is 14.2 Å². The topological polar surface area (TPSA) is 56.9 Å². The van der Waals surface area contributed by atoms with Gasteiger partial charge in [-0.05, 0) is 49.2 Å². The number of rotatable bonds is 4. The predicted molar refractivity (Wildman–Crippen MR) is 112 cm³/mol. The van der Waals surface area contributed by atoms with Crippen molar-refractivity contribution in [2.24, 2.45) is 4.99 Å². The van der Waals surface area contributed by atoms with Crippen molar-refractivity contribution in [3.8, 4) is 22.8 Å². The van der Waals surface area contributed by atoms with Crippen molar-refractivity contribution in [2.45, 2.75) is 13.8 Å². The molecule has 0 N–H and O–H groups in total. The van der Waals surface area contributed by atoms with Crippen LogP contribution in [0, 0.1) is 13.8 Å². The first kappa shape index (κ1) is 18.3. The number of aryl methyl sites for hydroxylation is 2. The summed E-state index contributed by atoms with van der Waals surface area (Å²) in [5.41, 5.74) is 3.93. The van der Waals surface area contributed by atoms with E-state index in [-0.39, 0.29) is 0 Å². The zero-order chi connectivity index (χ0) is 19.7. The van der Waals surface area contributed by atoms with Gasteiger partial charge in [-0.15, -0.1) is 11.3 Å². The highest BCUT2D eigenvalue weighted by molar-refractivity contribution is 7.13. The van der Waals surface area contributed by atoms with E-state index in [0.717, 1.165) is 33.0 Å². The molecule has 5 nitrogen and oxygen atoms in total. The molecule has 0 saturated heterocycles. The van der Waals surface area contributed by atoms with Gasteiger partial charge in [0.1, 0.15) is 11.3 Å². The summed E-state index contributed by atoms with van der Waals surface area (Å²) in [5.74, 6) is 2.02. The maximum absolute atomic E-state index is 6.27. The van der Waals surface area contributed by atoms with Crippen LogP contribution < -0.4 is 14.8 Å². The van der Waals surface area contributed by atoms with Crippen molar-refractivity contribution < 1.29 is 13.9 Å². The van der Waals surface area contributed by atoms with Gasteiger partial charge in [-0.2, -0.15) is 0 Å². The van der Waals surface area contributed by atoms with Crippen LogP contribution in [-0.4, -0.2) is 19.2 Å². The van der Waals surface area contributed by atoms with E-state index in [1.807, 2.05) is 35.7 Å². The van der Waals surface area contributed by atoms with Gasteiger partial charge in [-0.3, -0.25) is 0 Å². The zero-order valence-corrected chi connectivity index (χ0v) is 17.0. The summed E-state index contributed by atoms with van der Waals surface area (Å²) in [6.07, 6.45) is 1.76. The molecule has 2 heterocycles. The van der Waals surface area contributed by atoms with Crippen LogP contribution in [0.4, 0.5) is 5.13 Å². The van der Waals surface area contributed by atoms with E-state index in [1.165, 1.54) is 11.3 Å². The van der Waals surface area contributed by atoms with Gasteiger partial charge in [0.15, 0.2) is 11.5 Å². The number of thiazole rings is 1. The molecule has 28 heavy (non-hydrogen) atoms. The van der Waals surface area contributed by atoms with Crippen LogP contribution >= 0.6 is 11.3 Å². The minimum absolute atomic E-state index is 0.647. The van der Waals surface area contributed by atoms with Crippen molar-refractivity contribution in [1.29, 1.82) is 0 Å². The highest BCUT2D eigenvalue weighted by Gasteiger charge is 2.12. The average Bonchev–Trinajstić information content (AvgIpc) is 3.19. The number of methoxy groups -OCH3 is 2. The second kappa shape index (κ2) is 7.48. The monoisotopic (exact) mass is 392 g/mol. The summed E-state index contributed by atoms with van der Waals surface area (Å²) < 4.78 is 17.1. The fourth-order valence-corrected chi connectivity index (χ4v) is 3.79. The van der Waals surface area contributed by atoms with Gasteiger partial charge >= 0.3 is 0 Å². The standard InChI is InChI=1S/C22H20N2O3S/c1-13-9-14(2)21-16(24-22-23-7-8-28-22)12-18(27-20(21)10-13)15-5-6-17(25-3)19(11-15)26-4/h5-12H,1-4H3/b24-16+. The molecule has 0 atom stereocenters. The molecule has 2 aromatic carbocycles. The lowest BCUT2D eigenvalue weighted by atomic mass is 10.0. The van der Waals surface area contributed by atoms with E-state index in [0.29, 0.717) is 22.4 Å². The minimum atomic E-state index is 0.647. The molecule has 0 aliphatic carbocycles. The van der Waals surface area contributed by atoms with Crippen molar-refractivity contribution >= 4 is 27.4 Å². The van der Waals surface area contributed by atoms with Gasteiger partial charge in [0.25, 0.3) is 0 Å². The molecule has 2 aromatic heterocycles. The molecule has 0 amide bonds. The molecule has 4 aromatic rings. The maximum atomic E-state index is 6.27. The molecule has 0 aliphatic rings. The molecule has 142 valence electrons. The van der Waals surface area contributed by atoms with Crippen LogP contribution in [0.3, 0.4) is 0 Å². The molecule has 0 saturated carbocycles. The normalized spacial score (nSPS) is 11.8. The third kappa shape index (κ3) is 3.39. The summed E-state index contributed by atoms with van der Waals surface area (Å²) in [4.78, 5) is 9.08. The van der Waals surface area contributed by atoms with Crippen molar-refractivity contribution in [3.63, 3.8) is 0 Å². The second-order valence-electron chi connectivity index (χ2n) is 6.45. The van der Waals surface area contributed by atoms with E-state index in [1.54, 1.807) is 20.4 Å². The largest absolute Gasteiger partial charge is 0.493 e. The number of ether oxygens (including phenoxy) is 2. The smallest absolute Gasteiger partial charge is 0.209 e. The summed E-state index contributed by atoms with van der Waals surface area (Å²) in [6, 6.07) is 11.8. The Bertz CT molecular complexity index is 1210. The fourth-order valence-electron chi connectivity index (χ4n) is 3.28. The first-order chi connectivity index (χ1) is 13.6. The molecule has 0 fully saturated rings. The lowest BCUT2D eigenvalue weighted by molar-refractivity contribution is 0.355. The fraction of sp³-hybridized carbons (Fsp3) is 0.182. The van der Waals surface area contributed by atoms with Gasteiger partial charge in [0.05, 0.1) is 19.6 Å². The Kier molecular flexibility index (Phi) is 4.88. The second-order valence-corrected chi connectivity index (χ2v) is 7.32. The number of nitrogens with zero attached hydrogens (tertiary/aromatic N) is 2. The van der Waals surface area contributed by atoms with Gasteiger partial charge < -0.3 is 13.9 Å². The maximum Gasteiger partial charge on any atom is 0.209 e. The van der Waals surface area contributed by atoms with Gasteiger partial charge in [-0.1, -0.05) is 6.07 Å². The highest BCUT2D eigenvalue weighted by Crippen LogP contribution is 2.33. The minimum Gasteiger partial charge on any atom is -0.493 e. The number of hydrogen-bond acceptors (Lipinski definition) is 6. The van der Waals surface area contributed by atoms with Gasteiger partial charge in [0, 0.05) is 28.6 Å². The predicted octanol–water partition coefficient (Wildman–Crippen LogP) is 5.42. The quantitative estimate of drug-likeness (QED) is 0.465. The Hall–Kier alpha value is -3.12. The van der Waals surface area contributed by atoms with Crippen LogP contribution in [0.1, 0.15) is 11.1 Å². The lowest BCUT2D eigenvalue weighted by Crippen LogP contribution is -2.05. The molecule has 0 aliphatic heterocycles. The van der Waals surface area contributed by atoms with Crippen LogP contribution in [0.25, 0.3) is 22.3 Å². The summed E-state index contributed by atoms with van der Waals surface area (Å²) in [5, 5.41) is 4.45. The number of aromatic nitrogens is 1. The Morgan fingerprint density at radius 2 is 1.82 bits per heavy atom. The highest BCUT2D eigenvalue weighted by atomic mass is 32.1. The molecule has 0 bridgehead atoms. The first-order valence-electron chi connectivity index (χ1n) is 8.81. The van der Waals surface area contributed by atoms with Gasteiger partial charge in [0.2, 0.25) is 5.13 Å². The zero-order valence-electron chi connectivity index (χ0n) is 16.1. The summed E-state index contributed by atoms with van der Waals surface area (Å²) in [7, 11) is 3.24. The average molecular weight is 392 g/mol. The lowest BCUT2D eigenvalue weighted by Gasteiger charge is -2.11. The van der Waals surface area contributed by atoms with Crippen LogP contribution in [0.15, 0.2) is 57.4 Å². The van der Waals surface area contributed by atoms with E-state index < -0.39 is 0 Å². The summed E-state index contributed by atoms with van der Waals surface area (Å²) in [6.45, 7) is 4.13. The molecule has 4 rings (SSSR count). The van der Waals surface area contributed by atoms with E-state index >= 15 is 0 Å². The van der Waals surface area contributed by atoms with E-state index in [4.69, 9.17) is 18.9 Å². The Morgan fingerprint density at radius 1 is 1.00 bits per heavy atom. The number of fused-ring (bicyclic) bond motifs is 1. The van der Waals surface area contributed by atoms with Crippen LogP contribution in [0.2, 0.25) is 0 Å². The van der Waals surface area contributed by atoms with E-state index in [2.05, 4.69) is 24.9 Å². The van der Waals surface area contributed by atoms with Crippen molar-refractivity contribution in [3.05, 3.63) is 64.5 Å². The van der Waals surface area contributed by atoms with Crippen LogP contribution in [0.5, 0.6) is 11.5 Å². The van der Waals surface area contributed by atoms with Crippen LogP contribution in [-0.2, 0) is 0 Å². The van der Waals surface area contributed by atoms with E-state index in [9.17, 15) is 0 Å². The molecule has 0 spiro atoms. The Balaban J connectivity index is 2.01. The van der Waals surface area contributed by atoms with Gasteiger partial charge in [-0.25, -0.2) is 9.98 Å². The SMILES string of the molecule is COc1ccc(-c2c/c(=N\c3nccs3)c3c(C)cc(C)cc3o2)cc1OC. The third-order valence-electron chi connectivity index (χ3n) is 4.49. The summed E-state index contributed by atoms with van der Waals surface area (Å²) >= 11 is 1.50. The molecule has 6 heteroatoms. The molecular weight excluding hydrogens is 372 g/mol. The first-order valence-corrected chi connectivity index (χ1v) is 9.68. The Labute approximate surface area is 166 Å². The third-order valence-corrected chi connectivity index (χ3v) is 5.16. The molecule has 0 unspecified atom stereocenters. The molecule has 0 radical (unpaired) electrons. The van der Waals surface area contributed by atoms with Crippen molar-refractivity contribution in [1.82, 2.24) is 4.98 Å². The molecular formula is C22H20N2O3S.